The number of aromatic nitrogens is 3. The minimum Gasteiger partial charge on any atom is -0.346 e. The van der Waals surface area contributed by atoms with Crippen LogP contribution >= 0.6 is 0 Å². The number of fused-ring (bicyclic) bond motifs is 1. The van der Waals surface area contributed by atoms with Gasteiger partial charge in [-0.05, 0) is 37.6 Å². The molecule has 10 heteroatoms. The highest BCUT2D eigenvalue weighted by molar-refractivity contribution is 6.04. The Morgan fingerprint density at radius 2 is 1.94 bits per heavy atom. The van der Waals surface area contributed by atoms with Gasteiger partial charge < -0.3 is 15.6 Å². The molecule has 3 rings (SSSR count). The van der Waals surface area contributed by atoms with E-state index >= 15 is 0 Å². The summed E-state index contributed by atoms with van der Waals surface area (Å²) in [6.07, 6.45) is -1.63. The minimum absolute atomic E-state index is 0.0200. The molecular formula is C21H20F3N5O2. The summed E-state index contributed by atoms with van der Waals surface area (Å²) in [5.41, 5.74) is 2.72. The van der Waals surface area contributed by atoms with E-state index in [1.807, 2.05) is 0 Å². The van der Waals surface area contributed by atoms with E-state index in [9.17, 15) is 22.8 Å². The van der Waals surface area contributed by atoms with E-state index in [1.165, 1.54) is 13.3 Å². The van der Waals surface area contributed by atoms with Crippen LogP contribution in [0.25, 0.3) is 11.0 Å². The Morgan fingerprint density at radius 3 is 2.68 bits per heavy atom. The van der Waals surface area contributed by atoms with Gasteiger partial charge >= 0.3 is 6.18 Å². The van der Waals surface area contributed by atoms with Gasteiger partial charge in [0.15, 0.2) is 0 Å². The second-order valence-electron chi connectivity index (χ2n) is 6.98. The summed E-state index contributed by atoms with van der Waals surface area (Å²) >= 11 is 0. The first kappa shape index (κ1) is 22.0. The molecule has 3 N–H and O–H groups in total. The molecule has 0 saturated carbocycles. The highest BCUT2D eigenvalue weighted by Gasteiger charge is 2.25. The van der Waals surface area contributed by atoms with Crippen LogP contribution in [0.2, 0.25) is 0 Å². The fourth-order valence-electron chi connectivity index (χ4n) is 2.84. The second-order valence-corrected chi connectivity index (χ2v) is 6.98. The summed E-state index contributed by atoms with van der Waals surface area (Å²) in [6, 6.07) is 6.63. The van der Waals surface area contributed by atoms with Crippen molar-refractivity contribution in [3.63, 3.8) is 0 Å². The van der Waals surface area contributed by atoms with Crippen LogP contribution in [0.5, 0.6) is 0 Å². The minimum atomic E-state index is -4.38. The molecule has 0 aliphatic carbocycles. The quantitative estimate of drug-likeness (QED) is 0.507. The van der Waals surface area contributed by atoms with Gasteiger partial charge in [0.1, 0.15) is 12.0 Å². The molecule has 1 aromatic carbocycles. The molecule has 2 aromatic heterocycles. The van der Waals surface area contributed by atoms with Crippen molar-refractivity contribution in [2.24, 2.45) is 0 Å². The zero-order valence-corrected chi connectivity index (χ0v) is 16.8. The van der Waals surface area contributed by atoms with Gasteiger partial charge in [-0.3, -0.25) is 9.59 Å². The first-order chi connectivity index (χ1) is 14.6. The molecule has 0 bridgehead atoms. The van der Waals surface area contributed by atoms with Gasteiger partial charge in [0.05, 0.1) is 18.5 Å². The number of benzene rings is 1. The number of alkyl halides is 3. The number of nitrogens with one attached hydrogen (secondary N) is 3. The lowest BCUT2D eigenvalue weighted by Gasteiger charge is -2.12. The van der Waals surface area contributed by atoms with E-state index in [0.29, 0.717) is 22.7 Å². The Kier molecular flexibility index (Phi) is 6.38. The van der Waals surface area contributed by atoms with Crippen molar-refractivity contribution in [3.05, 3.63) is 59.7 Å². The van der Waals surface area contributed by atoms with Gasteiger partial charge in [-0.15, -0.1) is 0 Å². The number of hydrogen-bond donors (Lipinski definition) is 3. The summed E-state index contributed by atoms with van der Waals surface area (Å²) in [6.45, 7) is 3.09. The fourth-order valence-corrected chi connectivity index (χ4v) is 2.84. The smallest absolute Gasteiger partial charge is 0.346 e. The molecule has 0 aliphatic heterocycles. The lowest BCUT2D eigenvalue weighted by molar-refractivity contribution is -0.125. The molecule has 7 nitrogen and oxygen atoms in total. The number of aryl methyl sites for hydroxylation is 1. The van der Waals surface area contributed by atoms with Crippen LogP contribution in [0, 0.1) is 6.92 Å². The summed E-state index contributed by atoms with van der Waals surface area (Å²) in [4.78, 5) is 35.9. The van der Waals surface area contributed by atoms with Crippen molar-refractivity contribution in [2.45, 2.75) is 32.9 Å². The van der Waals surface area contributed by atoms with Crippen molar-refractivity contribution in [1.29, 1.82) is 0 Å². The number of hydrogen-bond acceptors (Lipinski definition) is 4. The van der Waals surface area contributed by atoms with Gasteiger partial charge in [0.2, 0.25) is 5.91 Å². The third-order valence-electron chi connectivity index (χ3n) is 4.53. The Balaban J connectivity index is 1.68. The number of H-pyrrole nitrogens is 1. The number of aromatic amines is 1. The van der Waals surface area contributed by atoms with Crippen LogP contribution in [0.4, 0.5) is 24.5 Å². The van der Waals surface area contributed by atoms with Gasteiger partial charge in [-0.1, -0.05) is 12.1 Å². The Bertz CT molecular complexity index is 1150. The van der Waals surface area contributed by atoms with Gasteiger partial charge in [0, 0.05) is 28.5 Å². The molecule has 2 heterocycles. The molecule has 162 valence electrons. The topological polar surface area (TPSA) is 99.8 Å². The fraction of sp³-hybridized carbons (Fsp3) is 0.238. The third-order valence-corrected chi connectivity index (χ3v) is 4.53. The summed E-state index contributed by atoms with van der Waals surface area (Å²) in [5, 5.41) is 6.06. The Morgan fingerprint density at radius 1 is 1.16 bits per heavy atom. The number of amides is 2. The lowest BCUT2D eigenvalue weighted by atomic mass is 10.1. The van der Waals surface area contributed by atoms with Crippen LogP contribution in [0.15, 0.2) is 48.4 Å². The first-order valence-electron chi connectivity index (χ1n) is 9.35. The third kappa shape index (κ3) is 5.91. The molecule has 3 aromatic rings. The number of carbonyl (C=O) groups excluding carboxylic acids is 2. The number of anilines is 2. The van der Waals surface area contributed by atoms with E-state index in [2.05, 4.69) is 25.6 Å². The average molecular weight is 431 g/mol. The van der Waals surface area contributed by atoms with Crippen molar-refractivity contribution >= 4 is 34.2 Å². The molecule has 0 atom stereocenters. The van der Waals surface area contributed by atoms with E-state index < -0.39 is 18.5 Å². The summed E-state index contributed by atoms with van der Waals surface area (Å²) in [5.74, 6) is -0.963. The maximum absolute atomic E-state index is 12.5. The standard InChI is InChI=1S/C21H20F3N5O2/c1-12-3-4-14(28-20(31)13(2)5-7-21(22,23)24)9-16(12)29-18(30)10-17-15-6-8-25-19(15)27-11-26-17/h3-6,8-9,11H,7,10H2,1-2H3,(H,28,31)(H,29,30)(H,25,26,27). The molecule has 0 spiro atoms. The molecule has 0 fully saturated rings. The molecule has 0 radical (unpaired) electrons. The summed E-state index contributed by atoms with van der Waals surface area (Å²) in [7, 11) is 0. The van der Waals surface area contributed by atoms with Crippen molar-refractivity contribution < 1.29 is 22.8 Å². The number of rotatable bonds is 6. The van der Waals surface area contributed by atoms with Crippen LogP contribution in [0.1, 0.15) is 24.6 Å². The van der Waals surface area contributed by atoms with Crippen molar-refractivity contribution in [3.8, 4) is 0 Å². The highest BCUT2D eigenvalue weighted by atomic mass is 19.4. The molecular weight excluding hydrogens is 411 g/mol. The van der Waals surface area contributed by atoms with Crippen molar-refractivity contribution in [2.75, 3.05) is 10.6 Å². The van der Waals surface area contributed by atoms with Gasteiger partial charge in [-0.25, -0.2) is 9.97 Å². The Labute approximate surface area is 175 Å². The SMILES string of the molecule is CC(=CCC(F)(F)F)C(=O)Nc1ccc(C)c(NC(=O)Cc2ncnc3[nH]ccc23)c1. The van der Waals surface area contributed by atoms with E-state index in [0.717, 1.165) is 17.0 Å². The molecule has 0 aliphatic rings. The van der Waals surface area contributed by atoms with E-state index in [1.54, 1.807) is 37.4 Å². The monoisotopic (exact) mass is 431 g/mol. The van der Waals surface area contributed by atoms with Gasteiger partial charge in [-0.2, -0.15) is 13.2 Å². The number of nitrogens with zero attached hydrogens (tertiary/aromatic N) is 2. The van der Waals surface area contributed by atoms with Gasteiger partial charge in [0.25, 0.3) is 5.91 Å². The van der Waals surface area contributed by atoms with Crippen molar-refractivity contribution in [1.82, 2.24) is 15.0 Å². The molecule has 31 heavy (non-hydrogen) atoms. The van der Waals surface area contributed by atoms with E-state index in [4.69, 9.17) is 0 Å². The average Bonchev–Trinajstić information content (AvgIpc) is 3.18. The molecule has 2 amide bonds. The van der Waals surface area contributed by atoms with Crippen LogP contribution < -0.4 is 10.6 Å². The maximum Gasteiger partial charge on any atom is 0.392 e. The number of halogens is 3. The van der Waals surface area contributed by atoms with E-state index in [-0.39, 0.29) is 17.9 Å². The largest absolute Gasteiger partial charge is 0.392 e. The molecule has 0 unspecified atom stereocenters. The zero-order valence-electron chi connectivity index (χ0n) is 16.8. The lowest BCUT2D eigenvalue weighted by Crippen LogP contribution is -2.17. The second kappa shape index (κ2) is 8.99. The van der Waals surface area contributed by atoms with Crippen LogP contribution in [0.3, 0.4) is 0 Å². The number of allylic oxidation sites excluding steroid dienone is 1. The van der Waals surface area contributed by atoms with Crippen LogP contribution in [-0.4, -0.2) is 32.9 Å². The normalized spacial score (nSPS) is 12.1. The number of carbonyl (C=O) groups is 2. The maximum atomic E-state index is 12.5. The zero-order chi connectivity index (χ0) is 22.6. The highest BCUT2D eigenvalue weighted by Crippen LogP contribution is 2.23. The van der Waals surface area contributed by atoms with Crippen LogP contribution in [-0.2, 0) is 16.0 Å². The predicted molar refractivity (Wildman–Crippen MR) is 110 cm³/mol. The summed E-state index contributed by atoms with van der Waals surface area (Å²) < 4.78 is 37.0. The molecule has 0 saturated heterocycles. The predicted octanol–water partition coefficient (Wildman–Crippen LogP) is 4.28. The Hall–Kier alpha value is -3.69. The first-order valence-corrected chi connectivity index (χ1v) is 9.35.